The number of fused-ring (bicyclic) bond motifs is 1. The smallest absolute Gasteiger partial charge is 0.326 e. The Bertz CT molecular complexity index is 524. The molecule has 1 aliphatic rings. The van der Waals surface area contributed by atoms with Crippen molar-refractivity contribution in [1.82, 2.24) is 5.32 Å². The maximum Gasteiger partial charge on any atom is 0.326 e. The van der Waals surface area contributed by atoms with Crippen LogP contribution in [0.15, 0.2) is 6.07 Å². The Labute approximate surface area is 129 Å². The first-order valence-corrected chi connectivity index (χ1v) is 8.52. The summed E-state index contributed by atoms with van der Waals surface area (Å²) in [6.45, 7) is 4.12. The highest BCUT2D eigenvalue weighted by atomic mass is 32.1. The van der Waals surface area contributed by atoms with Gasteiger partial charge in [0, 0.05) is 4.88 Å². The van der Waals surface area contributed by atoms with Crippen molar-refractivity contribution in [1.29, 1.82) is 0 Å². The van der Waals surface area contributed by atoms with Crippen molar-refractivity contribution in [3.8, 4) is 0 Å². The summed E-state index contributed by atoms with van der Waals surface area (Å²) in [6, 6.07) is 1.17. The topological polar surface area (TPSA) is 66.4 Å². The quantitative estimate of drug-likeness (QED) is 0.847. The number of rotatable bonds is 6. The van der Waals surface area contributed by atoms with Crippen molar-refractivity contribution in [2.45, 2.75) is 58.4 Å². The number of carboxylic acid groups (broad SMARTS) is 1. The van der Waals surface area contributed by atoms with Gasteiger partial charge in [-0.25, -0.2) is 4.79 Å². The number of aryl methyl sites for hydroxylation is 1. The first-order chi connectivity index (χ1) is 10.0. The number of aliphatic carboxylic acids is 1. The van der Waals surface area contributed by atoms with Gasteiger partial charge in [0.25, 0.3) is 5.91 Å². The number of carbonyl (C=O) groups is 2. The van der Waals surface area contributed by atoms with Gasteiger partial charge in [0.2, 0.25) is 0 Å². The summed E-state index contributed by atoms with van der Waals surface area (Å²) in [5, 5.41) is 11.8. The zero-order valence-corrected chi connectivity index (χ0v) is 13.5. The van der Waals surface area contributed by atoms with Gasteiger partial charge in [-0.3, -0.25) is 4.79 Å². The van der Waals surface area contributed by atoms with E-state index in [2.05, 4.69) is 12.2 Å². The summed E-state index contributed by atoms with van der Waals surface area (Å²) in [7, 11) is 0. The Morgan fingerprint density at radius 3 is 2.86 bits per heavy atom. The van der Waals surface area contributed by atoms with Crippen LogP contribution >= 0.6 is 11.3 Å². The van der Waals surface area contributed by atoms with Crippen molar-refractivity contribution >= 4 is 23.2 Å². The van der Waals surface area contributed by atoms with Crippen molar-refractivity contribution in [2.24, 2.45) is 5.92 Å². The molecule has 1 aromatic heterocycles. The molecule has 0 saturated heterocycles. The van der Waals surface area contributed by atoms with Crippen LogP contribution in [0.25, 0.3) is 0 Å². The zero-order chi connectivity index (χ0) is 15.4. The molecule has 0 spiro atoms. The van der Waals surface area contributed by atoms with E-state index >= 15 is 0 Å². The lowest BCUT2D eigenvalue weighted by Gasteiger charge is -2.19. The maximum atomic E-state index is 12.2. The molecule has 0 aliphatic heterocycles. The molecule has 2 atom stereocenters. The second-order valence-corrected chi connectivity index (χ2v) is 6.87. The Kier molecular flexibility index (Phi) is 5.39. The molecule has 0 bridgehead atoms. The van der Waals surface area contributed by atoms with Crippen LogP contribution < -0.4 is 5.32 Å². The molecule has 1 unspecified atom stereocenters. The first-order valence-electron chi connectivity index (χ1n) is 7.70. The molecule has 2 rings (SSSR count). The summed E-state index contributed by atoms with van der Waals surface area (Å²) in [6.07, 6.45) is 5.66. The summed E-state index contributed by atoms with van der Waals surface area (Å²) in [4.78, 5) is 25.3. The number of nitrogens with one attached hydrogen (secondary N) is 1. The predicted octanol–water partition coefficient (Wildman–Crippen LogP) is 3.25. The van der Waals surface area contributed by atoms with Crippen LogP contribution in [0.5, 0.6) is 0 Å². The molecule has 4 nitrogen and oxygen atoms in total. The molecular formula is C16H23NO3S. The fourth-order valence-electron chi connectivity index (χ4n) is 2.83. The minimum absolute atomic E-state index is 0.247. The van der Waals surface area contributed by atoms with Gasteiger partial charge in [-0.05, 0) is 43.2 Å². The number of hydrogen-bond acceptors (Lipinski definition) is 3. The second-order valence-electron chi connectivity index (χ2n) is 5.73. The fourth-order valence-corrected chi connectivity index (χ4v) is 3.95. The molecular weight excluding hydrogens is 286 g/mol. The monoisotopic (exact) mass is 309 g/mol. The van der Waals surface area contributed by atoms with E-state index in [0.29, 0.717) is 11.3 Å². The van der Waals surface area contributed by atoms with Gasteiger partial charge in [0.05, 0.1) is 4.88 Å². The average molecular weight is 309 g/mol. The lowest BCUT2D eigenvalue weighted by molar-refractivity contribution is -0.139. The Morgan fingerprint density at radius 1 is 1.48 bits per heavy atom. The van der Waals surface area contributed by atoms with Crippen molar-refractivity contribution in [2.75, 3.05) is 0 Å². The van der Waals surface area contributed by atoms with Gasteiger partial charge in [-0.15, -0.1) is 11.3 Å². The summed E-state index contributed by atoms with van der Waals surface area (Å²) in [5.41, 5.74) is 1.28. The van der Waals surface area contributed by atoms with E-state index in [1.165, 1.54) is 34.6 Å². The van der Waals surface area contributed by atoms with Crippen molar-refractivity contribution in [3.05, 3.63) is 21.4 Å². The van der Waals surface area contributed by atoms with Gasteiger partial charge in [0.15, 0.2) is 0 Å². The fraction of sp³-hybridized carbons (Fsp3) is 0.625. The van der Waals surface area contributed by atoms with Crippen LogP contribution in [0.3, 0.4) is 0 Å². The minimum atomic E-state index is -0.961. The summed E-state index contributed by atoms with van der Waals surface area (Å²) in [5.74, 6) is -0.490. The molecule has 1 heterocycles. The van der Waals surface area contributed by atoms with Crippen LogP contribution in [-0.4, -0.2) is 23.0 Å². The van der Waals surface area contributed by atoms with E-state index < -0.39 is 12.0 Å². The third kappa shape index (κ3) is 3.84. The Balaban J connectivity index is 2.07. The molecule has 0 fully saturated rings. The van der Waals surface area contributed by atoms with Crippen molar-refractivity contribution in [3.63, 3.8) is 0 Å². The summed E-state index contributed by atoms with van der Waals surface area (Å²) < 4.78 is 0. The number of carboxylic acids is 1. The van der Waals surface area contributed by atoms with E-state index in [9.17, 15) is 9.59 Å². The van der Waals surface area contributed by atoms with E-state index in [4.69, 9.17) is 5.11 Å². The molecule has 2 N–H and O–H groups in total. The van der Waals surface area contributed by atoms with Gasteiger partial charge in [0.1, 0.15) is 6.04 Å². The number of thiophene rings is 1. The average Bonchev–Trinajstić information content (AvgIpc) is 2.89. The van der Waals surface area contributed by atoms with E-state index in [0.717, 1.165) is 25.2 Å². The highest BCUT2D eigenvalue weighted by Gasteiger charge is 2.24. The zero-order valence-electron chi connectivity index (χ0n) is 12.6. The molecule has 1 amide bonds. The standard InChI is InChI=1S/C16H23NO3S/c1-3-5-12(16(19)20)17-15(18)14-9-11-8-10(4-2)6-7-13(11)21-14/h9-10,12H,3-8H2,1-2H3,(H,17,18)(H,19,20)/t10?,12-/m0/s1. The molecule has 21 heavy (non-hydrogen) atoms. The first kappa shape index (κ1) is 16.0. The van der Waals surface area contributed by atoms with Gasteiger partial charge in [-0.1, -0.05) is 26.7 Å². The van der Waals surface area contributed by atoms with Gasteiger partial charge < -0.3 is 10.4 Å². The highest BCUT2D eigenvalue weighted by molar-refractivity contribution is 7.14. The largest absolute Gasteiger partial charge is 0.480 e. The molecule has 0 saturated carbocycles. The molecule has 116 valence electrons. The molecule has 1 aromatic rings. The predicted molar refractivity (Wildman–Crippen MR) is 83.9 cm³/mol. The van der Waals surface area contributed by atoms with Crippen LogP contribution in [0.2, 0.25) is 0 Å². The normalized spacial score (nSPS) is 18.9. The SMILES string of the molecule is CCC[C@H](NC(=O)c1cc2c(s1)CCC(CC)C2)C(=O)O. The summed E-state index contributed by atoms with van der Waals surface area (Å²) >= 11 is 1.52. The second kappa shape index (κ2) is 7.07. The van der Waals surface area contributed by atoms with Crippen LogP contribution in [0.1, 0.15) is 59.6 Å². The number of amides is 1. The lowest BCUT2D eigenvalue weighted by atomic mass is 9.87. The third-order valence-electron chi connectivity index (χ3n) is 4.17. The molecule has 0 radical (unpaired) electrons. The van der Waals surface area contributed by atoms with Crippen LogP contribution in [-0.2, 0) is 17.6 Å². The van der Waals surface area contributed by atoms with E-state index in [1.54, 1.807) is 0 Å². The molecule has 5 heteroatoms. The molecule has 0 aromatic carbocycles. The van der Waals surface area contributed by atoms with E-state index in [1.807, 2.05) is 13.0 Å². The van der Waals surface area contributed by atoms with Crippen molar-refractivity contribution < 1.29 is 14.7 Å². The third-order valence-corrected chi connectivity index (χ3v) is 5.40. The van der Waals surface area contributed by atoms with E-state index in [-0.39, 0.29) is 5.91 Å². The Hall–Kier alpha value is -1.36. The lowest BCUT2D eigenvalue weighted by Crippen LogP contribution is -2.40. The van der Waals surface area contributed by atoms with Crippen LogP contribution in [0, 0.1) is 5.92 Å². The maximum absolute atomic E-state index is 12.2. The van der Waals surface area contributed by atoms with Gasteiger partial charge in [-0.2, -0.15) is 0 Å². The highest BCUT2D eigenvalue weighted by Crippen LogP contribution is 2.33. The number of carbonyl (C=O) groups excluding carboxylic acids is 1. The Morgan fingerprint density at radius 2 is 2.24 bits per heavy atom. The molecule has 1 aliphatic carbocycles. The van der Waals surface area contributed by atoms with Crippen LogP contribution in [0.4, 0.5) is 0 Å². The van der Waals surface area contributed by atoms with Gasteiger partial charge >= 0.3 is 5.97 Å². The number of hydrogen-bond donors (Lipinski definition) is 2. The minimum Gasteiger partial charge on any atom is -0.480 e.